The van der Waals surface area contributed by atoms with Gasteiger partial charge < -0.3 is 10.6 Å². The quantitative estimate of drug-likeness (QED) is 0.873. The molecule has 2 N–H and O–H groups in total. The van der Waals surface area contributed by atoms with E-state index in [0.717, 1.165) is 42.5 Å². The maximum atomic E-state index is 13.0. The van der Waals surface area contributed by atoms with Gasteiger partial charge in [-0.05, 0) is 39.2 Å². The van der Waals surface area contributed by atoms with Crippen molar-refractivity contribution in [2.45, 2.75) is 52.1 Å². The average molecular weight is 388 g/mol. The first-order valence-corrected chi connectivity index (χ1v) is 8.42. The van der Waals surface area contributed by atoms with E-state index < -0.39 is 0 Å². The van der Waals surface area contributed by atoms with E-state index in [1.165, 1.54) is 0 Å². The van der Waals surface area contributed by atoms with Crippen LogP contribution in [-0.2, 0) is 0 Å². The summed E-state index contributed by atoms with van der Waals surface area (Å²) in [6, 6.07) is 2.28. The van der Waals surface area contributed by atoms with Crippen LogP contribution in [0.25, 0.3) is 11.0 Å². The second kappa shape index (κ2) is 8.83. The number of likely N-dealkylation sites (tertiary alicyclic amines) is 1. The molecule has 1 fully saturated rings. The molecule has 0 spiro atoms. The van der Waals surface area contributed by atoms with Gasteiger partial charge in [0, 0.05) is 24.8 Å². The molecule has 25 heavy (non-hydrogen) atoms. The molecule has 0 saturated carbocycles. The summed E-state index contributed by atoms with van der Waals surface area (Å²) in [6.07, 6.45) is 4.75. The molecule has 0 aromatic carbocycles. The van der Waals surface area contributed by atoms with E-state index in [1.807, 2.05) is 22.6 Å². The standard InChI is InChI=1S/C17H25N5O.2ClH/c1-4-12(3)22-16-15(10-19-22)14(8-11(2)20-16)17(23)21-7-5-6-13(21)9-18;;/h8,10,12-13H,4-7,9,18H2,1-3H3;2*1H. The van der Waals surface area contributed by atoms with E-state index in [1.54, 1.807) is 6.20 Å². The van der Waals surface area contributed by atoms with Crippen LogP contribution in [0.3, 0.4) is 0 Å². The number of aryl methyl sites for hydroxylation is 1. The predicted molar refractivity (Wildman–Crippen MR) is 105 cm³/mol. The summed E-state index contributed by atoms with van der Waals surface area (Å²) in [7, 11) is 0. The van der Waals surface area contributed by atoms with Gasteiger partial charge in [0.25, 0.3) is 5.91 Å². The number of rotatable bonds is 4. The lowest BCUT2D eigenvalue weighted by molar-refractivity contribution is 0.0743. The highest BCUT2D eigenvalue weighted by Gasteiger charge is 2.30. The summed E-state index contributed by atoms with van der Waals surface area (Å²) < 4.78 is 1.92. The summed E-state index contributed by atoms with van der Waals surface area (Å²) in [4.78, 5) is 19.6. The fourth-order valence-electron chi connectivity index (χ4n) is 3.32. The van der Waals surface area contributed by atoms with Crippen LogP contribution in [0, 0.1) is 6.92 Å². The normalized spacial score (nSPS) is 17.9. The molecule has 0 bridgehead atoms. The van der Waals surface area contributed by atoms with Gasteiger partial charge in [-0.1, -0.05) is 6.92 Å². The Balaban J connectivity index is 0.00000156. The first-order valence-electron chi connectivity index (χ1n) is 8.42. The van der Waals surface area contributed by atoms with E-state index in [9.17, 15) is 4.79 Å². The monoisotopic (exact) mass is 387 g/mol. The van der Waals surface area contributed by atoms with Crippen LogP contribution in [0.2, 0.25) is 0 Å². The van der Waals surface area contributed by atoms with Crippen molar-refractivity contribution in [2.24, 2.45) is 5.73 Å². The van der Waals surface area contributed by atoms with Crippen molar-refractivity contribution in [3.05, 3.63) is 23.5 Å². The SMILES string of the molecule is CCC(C)n1ncc2c(C(=O)N3CCCC3CN)cc(C)nc21.Cl.Cl. The molecule has 3 rings (SSSR count). The highest BCUT2D eigenvalue weighted by atomic mass is 35.5. The summed E-state index contributed by atoms with van der Waals surface area (Å²) in [5.74, 6) is 0.0529. The van der Waals surface area contributed by atoms with Crippen molar-refractivity contribution >= 4 is 41.8 Å². The fraction of sp³-hybridized carbons (Fsp3) is 0.588. The van der Waals surface area contributed by atoms with Crippen molar-refractivity contribution in [3.63, 3.8) is 0 Å². The van der Waals surface area contributed by atoms with E-state index in [-0.39, 0.29) is 42.8 Å². The lowest BCUT2D eigenvalue weighted by atomic mass is 10.1. The van der Waals surface area contributed by atoms with Gasteiger partial charge in [0.1, 0.15) is 0 Å². The molecule has 2 aromatic heterocycles. The largest absolute Gasteiger partial charge is 0.334 e. The molecule has 8 heteroatoms. The number of carbonyl (C=O) groups is 1. The number of halogens is 2. The van der Waals surface area contributed by atoms with E-state index in [0.29, 0.717) is 12.1 Å². The van der Waals surface area contributed by atoms with Crippen LogP contribution in [-0.4, -0.2) is 44.7 Å². The molecule has 1 amide bonds. The Labute approximate surface area is 161 Å². The summed E-state index contributed by atoms with van der Waals surface area (Å²) >= 11 is 0. The molecule has 1 saturated heterocycles. The number of nitrogens with two attached hydrogens (primary N) is 1. The zero-order valence-electron chi connectivity index (χ0n) is 14.9. The third kappa shape index (κ3) is 3.91. The highest BCUT2D eigenvalue weighted by Crippen LogP contribution is 2.26. The van der Waals surface area contributed by atoms with Gasteiger partial charge in [-0.15, -0.1) is 24.8 Å². The molecule has 2 unspecified atom stereocenters. The second-order valence-electron chi connectivity index (χ2n) is 6.43. The summed E-state index contributed by atoms with van der Waals surface area (Å²) in [6.45, 7) is 7.46. The van der Waals surface area contributed by atoms with E-state index >= 15 is 0 Å². The molecular weight excluding hydrogens is 361 g/mol. The zero-order chi connectivity index (χ0) is 16.6. The Morgan fingerprint density at radius 1 is 1.44 bits per heavy atom. The van der Waals surface area contributed by atoms with E-state index in [2.05, 4.69) is 23.9 Å². The fourth-order valence-corrected chi connectivity index (χ4v) is 3.32. The first kappa shape index (κ1) is 21.7. The van der Waals surface area contributed by atoms with Gasteiger partial charge in [0.15, 0.2) is 5.65 Å². The number of carbonyl (C=O) groups excluding carboxylic acids is 1. The van der Waals surface area contributed by atoms with Gasteiger partial charge in [0.2, 0.25) is 0 Å². The Bertz CT molecular complexity index is 733. The van der Waals surface area contributed by atoms with Crippen LogP contribution in [0.5, 0.6) is 0 Å². The number of aromatic nitrogens is 3. The Morgan fingerprint density at radius 3 is 2.80 bits per heavy atom. The number of hydrogen-bond donors (Lipinski definition) is 1. The molecule has 0 aliphatic carbocycles. The highest BCUT2D eigenvalue weighted by molar-refractivity contribution is 6.05. The molecule has 2 atom stereocenters. The van der Waals surface area contributed by atoms with Gasteiger partial charge in [0.05, 0.1) is 23.2 Å². The first-order chi connectivity index (χ1) is 11.1. The van der Waals surface area contributed by atoms with Gasteiger partial charge in [-0.25, -0.2) is 9.67 Å². The zero-order valence-corrected chi connectivity index (χ0v) is 16.6. The third-order valence-corrected chi connectivity index (χ3v) is 4.84. The van der Waals surface area contributed by atoms with Crippen molar-refractivity contribution in [1.82, 2.24) is 19.7 Å². The molecule has 1 aliphatic rings. The minimum atomic E-state index is 0. The maximum Gasteiger partial charge on any atom is 0.255 e. The average Bonchev–Trinajstić information content (AvgIpc) is 3.18. The smallest absolute Gasteiger partial charge is 0.255 e. The Hall–Kier alpha value is -1.37. The minimum absolute atomic E-state index is 0. The van der Waals surface area contributed by atoms with Crippen molar-refractivity contribution in [3.8, 4) is 0 Å². The maximum absolute atomic E-state index is 13.0. The van der Waals surface area contributed by atoms with E-state index in [4.69, 9.17) is 5.73 Å². The topological polar surface area (TPSA) is 77.0 Å². The summed E-state index contributed by atoms with van der Waals surface area (Å²) in [5, 5.41) is 5.31. The van der Waals surface area contributed by atoms with Crippen LogP contribution in [0.4, 0.5) is 0 Å². The van der Waals surface area contributed by atoms with Gasteiger partial charge in [-0.3, -0.25) is 4.79 Å². The van der Waals surface area contributed by atoms with Crippen molar-refractivity contribution in [1.29, 1.82) is 0 Å². The predicted octanol–water partition coefficient (Wildman–Crippen LogP) is 3.12. The van der Waals surface area contributed by atoms with Crippen LogP contribution in [0.1, 0.15) is 55.2 Å². The number of amides is 1. The minimum Gasteiger partial charge on any atom is -0.334 e. The van der Waals surface area contributed by atoms with Crippen molar-refractivity contribution < 1.29 is 4.79 Å². The molecule has 3 heterocycles. The molecular formula is C17H27Cl2N5O. The molecule has 2 aromatic rings. The van der Waals surface area contributed by atoms with Crippen LogP contribution < -0.4 is 5.73 Å². The number of nitrogens with zero attached hydrogens (tertiary/aromatic N) is 4. The lowest BCUT2D eigenvalue weighted by Crippen LogP contribution is -2.40. The molecule has 1 aliphatic heterocycles. The number of fused-ring (bicyclic) bond motifs is 1. The molecule has 140 valence electrons. The Kier molecular flexibility index (Phi) is 7.65. The molecule has 6 nitrogen and oxygen atoms in total. The molecule has 0 radical (unpaired) electrons. The summed E-state index contributed by atoms with van der Waals surface area (Å²) in [5.41, 5.74) is 8.16. The number of pyridine rings is 1. The Morgan fingerprint density at radius 2 is 2.16 bits per heavy atom. The van der Waals surface area contributed by atoms with Gasteiger partial charge >= 0.3 is 0 Å². The third-order valence-electron chi connectivity index (χ3n) is 4.84. The second-order valence-corrected chi connectivity index (χ2v) is 6.43. The van der Waals surface area contributed by atoms with Gasteiger partial charge in [-0.2, -0.15) is 5.10 Å². The number of hydrogen-bond acceptors (Lipinski definition) is 4. The van der Waals surface area contributed by atoms with Crippen LogP contribution in [0.15, 0.2) is 12.3 Å². The van der Waals surface area contributed by atoms with Crippen molar-refractivity contribution in [2.75, 3.05) is 13.1 Å². The van der Waals surface area contributed by atoms with Crippen LogP contribution >= 0.6 is 24.8 Å². The lowest BCUT2D eigenvalue weighted by Gasteiger charge is -2.24.